The SMILES string of the molecule is COc1ccc(C(=O)O)cc1NS(=O)(=O)CC1(OC)CCOCC1. The fourth-order valence-electron chi connectivity index (χ4n) is 2.62. The lowest BCUT2D eigenvalue weighted by Crippen LogP contribution is -2.45. The Labute approximate surface area is 140 Å². The molecule has 0 bridgehead atoms. The minimum atomic E-state index is -3.78. The van der Waals surface area contributed by atoms with Crippen molar-refractivity contribution in [3.63, 3.8) is 0 Å². The van der Waals surface area contributed by atoms with E-state index < -0.39 is 21.6 Å². The Balaban J connectivity index is 2.25. The molecule has 1 saturated heterocycles. The molecule has 0 unspecified atom stereocenters. The molecule has 0 aromatic heterocycles. The molecule has 1 aliphatic rings. The maximum atomic E-state index is 12.5. The number of hydrogen-bond acceptors (Lipinski definition) is 6. The van der Waals surface area contributed by atoms with Crippen LogP contribution in [0.1, 0.15) is 23.2 Å². The first kappa shape index (κ1) is 18.5. The number of rotatable bonds is 7. The van der Waals surface area contributed by atoms with Gasteiger partial charge >= 0.3 is 5.97 Å². The number of aromatic carboxylic acids is 1. The van der Waals surface area contributed by atoms with Gasteiger partial charge in [0, 0.05) is 33.2 Å². The van der Waals surface area contributed by atoms with Crippen LogP contribution < -0.4 is 9.46 Å². The van der Waals surface area contributed by atoms with Crippen molar-refractivity contribution in [1.29, 1.82) is 0 Å². The maximum Gasteiger partial charge on any atom is 0.335 e. The fraction of sp³-hybridized carbons (Fsp3) is 0.533. The van der Waals surface area contributed by atoms with Gasteiger partial charge in [0.1, 0.15) is 5.75 Å². The molecule has 2 N–H and O–H groups in total. The molecule has 8 nitrogen and oxygen atoms in total. The summed E-state index contributed by atoms with van der Waals surface area (Å²) in [5.74, 6) is -1.17. The highest BCUT2D eigenvalue weighted by Gasteiger charge is 2.37. The average molecular weight is 359 g/mol. The Morgan fingerprint density at radius 3 is 2.54 bits per heavy atom. The van der Waals surface area contributed by atoms with Gasteiger partial charge < -0.3 is 19.3 Å². The zero-order valence-electron chi connectivity index (χ0n) is 13.6. The molecule has 1 aliphatic heterocycles. The number of sulfonamides is 1. The van der Waals surface area contributed by atoms with Gasteiger partial charge in [0.25, 0.3) is 0 Å². The van der Waals surface area contributed by atoms with E-state index >= 15 is 0 Å². The number of carboxylic acids is 1. The van der Waals surface area contributed by atoms with Crippen LogP contribution in [0.15, 0.2) is 18.2 Å². The van der Waals surface area contributed by atoms with E-state index in [-0.39, 0.29) is 22.8 Å². The van der Waals surface area contributed by atoms with Gasteiger partial charge in [0.15, 0.2) is 0 Å². The van der Waals surface area contributed by atoms with Crippen molar-refractivity contribution in [2.75, 3.05) is 37.9 Å². The van der Waals surface area contributed by atoms with Crippen LogP contribution in [0.2, 0.25) is 0 Å². The molecule has 0 atom stereocenters. The summed E-state index contributed by atoms with van der Waals surface area (Å²) < 4.78 is 43.3. The minimum absolute atomic E-state index is 0.0407. The summed E-state index contributed by atoms with van der Waals surface area (Å²) in [6.45, 7) is 0.863. The van der Waals surface area contributed by atoms with Crippen LogP contribution in [0.25, 0.3) is 0 Å². The van der Waals surface area contributed by atoms with Crippen molar-refractivity contribution in [3.05, 3.63) is 23.8 Å². The van der Waals surface area contributed by atoms with Gasteiger partial charge in [-0.25, -0.2) is 13.2 Å². The van der Waals surface area contributed by atoms with Crippen LogP contribution in [-0.2, 0) is 19.5 Å². The van der Waals surface area contributed by atoms with E-state index in [0.717, 1.165) is 0 Å². The number of carboxylic acid groups (broad SMARTS) is 1. The molecule has 1 aromatic carbocycles. The highest BCUT2D eigenvalue weighted by Crippen LogP contribution is 2.30. The van der Waals surface area contributed by atoms with Gasteiger partial charge in [-0.15, -0.1) is 0 Å². The summed E-state index contributed by atoms with van der Waals surface area (Å²) in [5.41, 5.74) is -0.779. The van der Waals surface area contributed by atoms with E-state index in [2.05, 4.69) is 4.72 Å². The monoisotopic (exact) mass is 359 g/mol. The molecule has 2 rings (SSSR count). The van der Waals surface area contributed by atoms with Gasteiger partial charge in [-0.05, 0) is 18.2 Å². The molecule has 0 aliphatic carbocycles. The average Bonchev–Trinajstić information content (AvgIpc) is 2.54. The van der Waals surface area contributed by atoms with Crippen LogP contribution in [0.4, 0.5) is 5.69 Å². The summed E-state index contributed by atoms with van der Waals surface area (Å²) in [7, 11) is -0.927. The number of nitrogens with one attached hydrogen (secondary N) is 1. The van der Waals surface area contributed by atoms with Gasteiger partial charge in [0.2, 0.25) is 10.0 Å². The van der Waals surface area contributed by atoms with Crippen molar-refractivity contribution in [3.8, 4) is 5.75 Å². The second kappa shape index (κ2) is 7.37. The standard InChI is InChI=1S/C15H21NO7S/c1-21-13-4-3-11(14(17)18)9-12(13)16-24(19,20)10-15(22-2)5-7-23-8-6-15/h3-4,9,16H,5-8,10H2,1-2H3,(H,17,18). The molecular formula is C15H21NO7S. The summed E-state index contributed by atoms with van der Waals surface area (Å²) in [5, 5.41) is 9.06. The number of carbonyl (C=O) groups is 1. The lowest BCUT2D eigenvalue weighted by Gasteiger charge is -2.35. The van der Waals surface area contributed by atoms with E-state index in [9.17, 15) is 13.2 Å². The third-order valence-corrected chi connectivity index (χ3v) is 5.44. The summed E-state index contributed by atoms with van der Waals surface area (Å²) in [6, 6.07) is 3.97. The normalized spacial score (nSPS) is 17.2. The Bertz CT molecular complexity index is 696. The van der Waals surface area contributed by atoms with E-state index in [4.69, 9.17) is 19.3 Å². The van der Waals surface area contributed by atoms with Gasteiger partial charge in [-0.3, -0.25) is 4.72 Å². The zero-order chi connectivity index (χ0) is 17.8. The van der Waals surface area contributed by atoms with Crippen molar-refractivity contribution >= 4 is 21.7 Å². The van der Waals surface area contributed by atoms with Gasteiger partial charge in [0.05, 0.1) is 29.7 Å². The molecule has 1 aromatic rings. The van der Waals surface area contributed by atoms with E-state index in [1.165, 1.54) is 32.4 Å². The number of hydrogen-bond donors (Lipinski definition) is 2. The highest BCUT2D eigenvalue weighted by molar-refractivity contribution is 7.92. The summed E-state index contributed by atoms with van der Waals surface area (Å²) >= 11 is 0. The molecular weight excluding hydrogens is 338 g/mol. The van der Waals surface area contributed by atoms with E-state index in [1.807, 2.05) is 0 Å². The minimum Gasteiger partial charge on any atom is -0.495 e. The second-order valence-electron chi connectivity index (χ2n) is 5.58. The first-order chi connectivity index (χ1) is 11.3. The lowest BCUT2D eigenvalue weighted by molar-refractivity contribution is -0.0749. The van der Waals surface area contributed by atoms with Crippen molar-refractivity contribution in [2.45, 2.75) is 18.4 Å². The predicted octanol–water partition coefficient (Wildman–Crippen LogP) is 1.33. The first-order valence-electron chi connectivity index (χ1n) is 7.35. The van der Waals surface area contributed by atoms with Crippen molar-refractivity contribution in [1.82, 2.24) is 0 Å². The first-order valence-corrected chi connectivity index (χ1v) is 9.01. The van der Waals surface area contributed by atoms with Crippen LogP contribution in [0.5, 0.6) is 5.75 Å². The lowest BCUT2D eigenvalue weighted by atomic mass is 9.97. The Morgan fingerprint density at radius 1 is 1.33 bits per heavy atom. The third-order valence-electron chi connectivity index (χ3n) is 4.00. The van der Waals surface area contributed by atoms with E-state index in [1.54, 1.807) is 0 Å². The third kappa shape index (κ3) is 4.37. The number of benzene rings is 1. The molecule has 24 heavy (non-hydrogen) atoms. The van der Waals surface area contributed by atoms with Gasteiger partial charge in [-0.2, -0.15) is 0 Å². The highest BCUT2D eigenvalue weighted by atomic mass is 32.2. The number of anilines is 1. The number of methoxy groups -OCH3 is 2. The van der Waals surface area contributed by atoms with Crippen LogP contribution >= 0.6 is 0 Å². The molecule has 134 valence electrons. The van der Waals surface area contributed by atoms with Crippen LogP contribution in [0, 0.1) is 0 Å². The molecule has 9 heteroatoms. The molecule has 1 fully saturated rings. The zero-order valence-corrected chi connectivity index (χ0v) is 14.4. The molecule has 0 amide bonds. The maximum absolute atomic E-state index is 12.5. The Hall–Kier alpha value is -1.84. The molecule has 0 spiro atoms. The Morgan fingerprint density at radius 2 is 2.00 bits per heavy atom. The van der Waals surface area contributed by atoms with Crippen molar-refractivity contribution < 1.29 is 32.5 Å². The summed E-state index contributed by atoms with van der Waals surface area (Å²) in [6.07, 6.45) is 0.938. The van der Waals surface area contributed by atoms with Gasteiger partial charge in [-0.1, -0.05) is 0 Å². The van der Waals surface area contributed by atoms with Crippen molar-refractivity contribution in [2.24, 2.45) is 0 Å². The van der Waals surface area contributed by atoms with Crippen LogP contribution in [-0.4, -0.2) is 58.3 Å². The summed E-state index contributed by atoms with van der Waals surface area (Å²) in [4.78, 5) is 11.1. The Kier molecular flexibility index (Phi) is 5.68. The molecule has 1 heterocycles. The van der Waals surface area contributed by atoms with Crippen LogP contribution in [0.3, 0.4) is 0 Å². The predicted molar refractivity (Wildman–Crippen MR) is 87.2 cm³/mol. The second-order valence-corrected chi connectivity index (χ2v) is 7.30. The fourth-order valence-corrected chi connectivity index (χ4v) is 4.29. The number of ether oxygens (including phenoxy) is 3. The molecule has 0 radical (unpaired) electrons. The molecule has 0 saturated carbocycles. The largest absolute Gasteiger partial charge is 0.495 e. The van der Waals surface area contributed by atoms with E-state index in [0.29, 0.717) is 26.1 Å². The smallest absolute Gasteiger partial charge is 0.335 e. The topological polar surface area (TPSA) is 111 Å². The quantitative estimate of drug-likeness (QED) is 0.755.